The van der Waals surface area contributed by atoms with Gasteiger partial charge in [0, 0.05) is 0 Å². The van der Waals surface area contributed by atoms with Crippen molar-refractivity contribution in [2.45, 2.75) is 24.4 Å². The number of ether oxygens (including phenoxy) is 1. The highest BCUT2D eigenvalue weighted by Crippen LogP contribution is 2.05. The summed E-state index contributed by atoms with van der Waals surface area (Å²) < 4.78 is 4.37. The van der Waals surface area contributed by atoms with Gasteiger partial charge in [0.2, 0.25) is 0 Å². The molecule has 0 radical (unpaired) electrons. The second-order valence-electron chi connectivity index (χ2n) is 2.80. The summed E-state index contributed by atoms with van der Waals surface area (Å²) in [5.74, 6) is 0. The molecule has 0 amide bonds. The third kappa shape index (κ3) is 4.29. The molecule has 4 unspecified atom stereocenters. The van der Waals surface area contributed by atoms with E-state index in [0.717, 1.165) is 0 Å². The van der Waals surface area contributed by atoms with Gasteiger partial charge in [0.15, 0.2) is 0 Å². The fourth-order valence-electron chi connectivity index (χ4n) is 0.835. The molecule has 0 aliphatic rings. The van der Waals surface area contributed by atoms with Crippen LogP contribution < -0.4 is 0 Å². The average Bonchev–Trinajstić information content (AvgIpc) is 2.22. The average molecular weight is 212 g/mol. The second kappa shape index (κ2) is 7.07. The standard InChI is InChI=1S/C7H16O7/c8-1-4(10)6(12)7(13)5(11)2-14-3-9/h4-13H,1-3H2. The summed E-state index contributed by atoms with van der Waals surface area (Å²) in [4.78, 5) is 0. The van der Waals surface area contributed by atoms with Crippen LogP contribution in [0, 0.1) is 0 Å². The van der Waals surface area contributed by atoms with Gasteiger partial charge in [-0.3, -0.25) is 0 Å². The molecule has 6 N–H and O–H groups in total. The van der Waals surface area contributed by atoms with Gasteiger partial charge in [-0.2, -0.15) is 0 Å². The molecule has 86 valence electrons. The lowest BCUT2D eigenvalue weighted by molar-refractivity contribution is -0.138. The SMILES string of the molecule is OCOCC(O)C(O)C(O)C(O)CO. The van der Waals surface area contributed by atoms with Crippen LogP contribution in [0.3, 0.4) is 0 Å². The summed E-state index contributed by atoms with van der Waals surface area (Å²) in [7, 11) is 0. The minimum Gasteiger partial charge on any atom is -0.394 e. The van der Waals surface area contributed by atoms with Gasteiger partial charge in [-0.05, 0) is 0 Å². The maximum Gasteiger partial charge on any atom is 0.143 e. The van der Waals surface area contributed by atoms with Gasteiger partial charge >= 0.3 is 0 Å². The molecular weight excluding hydrogens is 196 g/mol. The van der Waals surface area contributed by atoms with Gasteiger partial charge in [-0.15, -0.1) is 0 Å². The molecule has 0 rings (SSSR count). The van der Waals surface area contributed by atoms with Crippen molar-refractivity contribution in [3.05, 3.63) is 0 Å². The van der Waals surface area contributed by atoms with Crippen molar-refractivity contribution in [2.75, 3.05) is 20.0 Å². The molecule has 0 aromatic heterocycles. The summed E-state index contributed by atoms with van der Waals surface area (Å²) >= 11 is 0. The monoisotopic (exact) mass is 212 g/mol. The Bertz CT molecular complexity index is 142. The molecule has 0 aromatic carbocycles. The molecule has 0 heterocycles. The first-order valence-corrected chi connectivity index (χ1v) is 4.06. The maximum atomic E-state index is 9.18. The van der Waals surface area contributed by atoms with Gasteiger partial charge in [-0.1, -0.05) is 0 Å². The topological polar surface area (TPSA) is 131 Å². The summed E-state index contributed by atoms with van der Waals surface area (Å²) in [5, 5.41) is 53.0. The molecule has 0 saturated heterocycles. The Balaban J connectivity index is 3.95. The molecule has 4 atom stereocenters. The summed E-state index contributed by atoms with van der Waals surface area (Å²) in [6.07, 6.45) is -6.30. The Labute approximate surface area is 80.8 Å². The van der Waals surface area contributed by atoms with Crippen molar-refractivity contribution in [1.82, 2.24) is 0 Å². The van der Waals surface area contributed by atoms with Crippen LogP contribution in [0.5, 0.6) is 0 Å². The molecule has 7 nitrogen and oxygen atoms in total. The first kappa shape index (κ1) is 13.7. The van der Waals surface area contributed by atoms with E-state index < -0.39 is 37.8 Å². The highest BCUT2D eigenvalue weighted by Gasteiger charge is 2.29. The van der Waals surface area contributed by atoms with E-state index in [1.54, 1.807) is 0 Å². The van der Waals surface area contributed by atoms with E-state index in [1.165, 1.54) is 0 Å². The van der Waals surface area contributed by atoms with E-state index in [1.807, 2.05) is 0 Å². The zero-order valence-electron chi connectivity index (χ0n) is 7.52. The summed E-state index contributed by atoms with van der Waals surface area (Å²) in [5.41, 5.74) is 0. The van der Waals surface area contributed by atoms with Crippen LogP contribution in [-0.2, 0) is 4.74 Å². The van der Waals surface area contributed by atoms with Crippen molar-refractivity contribution < 1.29 is 35.4 Å². The van der Waals surface area contributed by atoms with Gasteiger partial charge < -0.3 is 35.4 Å². The van der Waals surface area contributed by atoms with Gasteiger partial charge in [0.1, 0.15) is 31.2 Å². The quantitative estimate of drug-likeness (QED) is 0.240. The predicted molar refractivity (Wildman–Crippen MR) is 44.2 cm³/mol. The molecule has 0 spiro atoms. The third-order valence-electron chi connectivity index (χ3n) is 1.71. The van der Waals surface area contributed by atoms with E-state index in [2.05, 4.69) is 4.74 Å². The number of aliphatic hydroxyl groups excluding tert-OH is 6. The Hall–Kier alpha value is -0.280. The van der Waals surface area contributed by atoms with Crippen LogP contribution in [0.15, 0.2) is 0 Å². The molecule has 0 fully saturated rings. The van der Waals surface area contributed by atoms with Gasteiger partial charge in [0.05, 0.1) is 13.2 Å². The van der Waals surface area contributed by atoms with Crippen molar-refractivity contribution in [3.8, 4) is 0 Å². The minimum absolute atomic E-state index is 0.382. The molecule has 0 saturated carbocycles. The van der Waals surface area contributed by atoms with Crippen LogP contribution in [-0.4, -0.2) is 75.1 Å². The zero-order chi connectivity index (χ0) is 11.1. The molecular formula is C7H16O7. The molecule has 0 aliphatic heterocycles. The van der Waals surface area contributed by atoms with Crippen molar-refractivity contribution >= 4 is 0 Å². The molecule has 7 heteroatoms. The van der Waals surface area contributed by atoms with Crippen LogP contribution in [0.2, 0.25) is 0 Å². The van der Waals surface area contributed by atoms with Crippen molar-refractivity contribution in [3.63, 3.8) is 0 Å². The fraction of sp³-hybridized carbons (Fsp3) is 1.00. The number of hydrogen-bond acceptors (Lipinski definition) is 7. The van der Waals surface area contributed by atoms with Crippen LogP contribution in [0.1, 0.15) is 0 Å². The van der Waals surface area contributed by atoms with E-state index in [-0.39, 0.29) is 6.61 Å². The molecule has 0 bridgehead atoms. The zero-order valence-corrected chi connectivity index (χ0v) is 7.52. The van der Waals surface area contributed by atoms with E-state index in [0.29, 0.717) is 0 Å². The van der Waals surface area contributed by atoms with Crippen LogP contribution in [0.25, 0.3) is 0 Å². The first-order valence-electron chi connectivity index (χ1n) is 4.06. The molecule has 14 heavy (non-hydrogen) atoms. The maximum absolute atomic E-state index is 9.18. The minimum atomic E-state index is -1.67. The predicted octanol–water partition coefficient (Wildman–Crippen LogP) is -3.61. The Morgan fingerprint density at radius 2 is 1.36 bits per heavy atom. The highest BCUT2D eigenvalue weighted by atomic mass is 16.6. The summed E-state index contributed by atoms with van der Waals surface area (Å²) in [6, 6.07) is 0. The van der Waals surface area contributed by atoms with Gasteiger partial charge in [0.25, 0.3) is 0 Å². The lowest BCUT2D eigenvalue weighted by Crippen LogP contribution is -2.47. The molecule has 0 aromatic rings. The van der Waals surface area contributed by atoms with E-state index in [4.69, 9.17) is 25.5 Å². The second-order valence-corrected chi connectivity index (χ2v) is 2.80. The van der Waals surface area contributed by atoms with Crippen molar-refractivity contribution in [2.24, 2.45) is 0 Å². The van der Waals surface area contributed by atoms with Crippen LogP contribution in [0.4, 0.5) is 0 Å². The Morgan fingerprint density at radius 1 is 0.857 bits per heavy atom. The number of hydrogen-bond donors (Lipinski definition) is 6. The van der Waals surface area contributed by atoms with Gasteiger partial charge in [-0.25, -0.2) is 0 Å². The largest absolute Gasteiger partial charge is 0.394 e. The lowest BCUT2D eigenvalue weighted by Gasteiger charge is -2.25. The normalized spacial score (nSPS) is 20.1. The third-order valence-corrected chi connectivity index (χ3v) is 1.71. The first-order chi connectivity index (χ1) is 6.54. The number of rotatable bonds is 7. The Kier molecular flexibility index (Phi) is 6.93. The highest BCUT2D eigenvalue weighted by molar-refractivity contribution is 4.80. The van der Waals surface area contributed by atoms with E-state index in [9.17, 15) is 5.11 Å². The fourth-order valence-corrected chi connectivity index (χ4v) is 0.835. The Morgan fingerprint density at radius 3 is 1.79 bits per heavy atom. The smallest absolute Gasteiger partial charge is 0.143 e. The summed E-state index contributed by atoms with van der Waals surface area (Å²) in [6.45, 7) is -1.74. The molecule has 0 aliphatic carbocycles. The van der Waals surface area contributed by atoms with Crippen molar-refractivity contribution in [1.29, 1.82) is 0 Å². The lowest BCUT2D eigenvalue weighted by atomic mass is 10.0. The van der Waals surface area contributed by atoms with E-state index >= 15 is 0 Å². The van der Waals surface area contributed by atoms with Crippen LogP contribution >= 0.6 is 0 Å². The number of aliphatic hydroxyl groups is 6.